The van der Waals surface area contributed by atoms with Crippen LogP contribution in [0.5, 0.6) is 0 Å². The van der Waals surface area contributed by atoms with Crippen LogP contribution in [-0.2, 0) is 14.3 Å². The fourth-order valence-electron chi connectivity index (χ4n) is 5.42. The lowest BCUT2D eigenvalue weighted by Gasteiger charge is -2.27. The Morgan fingerprint density at radius 1 is 1.03 bits per heavy atom. The van der Waals surface area contributed by atoms with Crippen molar-refractivity contribution < 1.29 is 24.2 Å². The topological polar surface area (TPSA) is 95.9 Å². The van der Waals surface area contributed by atoms with Gasteiger partial charge < -0.3 is 20.1 Å². The minimum Gasteiger partial charge on any atom is -0.481 e. The number of alkyl carbamates (subject to hydrolysis) is 1. The molecule has 0 saturated heterocycles. The predicted octanol–water partition coefficient (Wildman–Crippen LogP) is 4.80. The van der Waals surface area contributed by atoms with Crippen LogP contribution in [0.25, 0.3) is 11.1 Å². The van der Waals surface area contributed by atoms with Gasteiger partial charge in [0.05, 0.1) is 0 Å². The van der Waals surface area contributed by atoms with Crippen molar-refractivity contribution in [3.8, 4) is 11.1 Å². The van der Waals surface area contributed by atoms with Crippen molar-refractivity contribution in [3.63, 3.8) is 0 Å². The molecule has 35 heavy (non-hydrogen) atoms. The molecule has 0 aromatic heterocycles. The van der Waals surface area contributed by atoms with Gasteiger partial charge in [0, 0.05) is 38.4 Å². The number of ether oxygens (including phenoxy) is 1. The van der Waals surface area contributed by atoms with Crippen LogP contribution in [0.2, 0.25) is 0 Å². The van der Waals surface area contributed by atoms with E-state index in [1.165, 1.54) is 11.1 Å². The lowest BCUT2D eigenvalue weighted by molar-refractivity contribution is -0.138. The number of nitrogens with zero attached hydrogens (tertiary/aromatic N) is 1. The molecule has 2 aliphatic rings. The first-order chi connectivity index (χ1) is 16.9. The van der Waals surface area contributed by atoms with E-state index in [9.17, 15) is 14.4 Å². The van der Waals surface area contributed by atoms with Crippen LogP contribution in [0.1, 0.15) is 62.0 Å². The molecule has 4 rings (SSSR count). The lowest BCUT2D eigenvalue weighted by Crippen LogP contribution is -2.44. The van der Waals surface area contributed by atoms with Crippen LogP contribution in [0.15, 0.2) is 48.5 Å². The number of fused-ring (bicyclic) bond motifs is 3. The largest absolute Gasteiger partial charge is 0.481 e. The van der Waals surface area contributed by atoms with Gasteiger partial charge in [0.25, 0.3) is 0 Å². The van der Waals surface area contributed by atoms with E-state index in [1.54, 1.807) is 11.9 Å². The third-order valence-electron chi connectivity index (χ3n) is 7.32. The number of hydrogen-bond acceptors (Lipinski definition) is 4. The quantitative estimate of drug-likeness (QED) is 0.512. The molecular weight excluding hydrogens is 444 g/mol. The molecule has 0 bridgehead atoms. The number of rotatable bonds is 10. The van der Waals surface area contributed by atoms with Gasteiger partial charge in [-0.25, -0.2) is 4.79 Å². The average molecular weight is 479 g/mol. The lowest BCUT2D eigenvalue weighted by atomic mass is 9.95. The number of amides is 2. The molecule has 1 fully saturated rings. The summed E-state index contributed by atoms with van der Waals surface area (Å²) in [5, 5.41) is 11.8. The SMILES string of the molecule is CN(CCCC(=O)O)C(=O)CC(NC(=O)OCC1c2ccccc2-c2ccccc21)C1CCCC1. The van der Waals surface area contributed by atoms with Crippen molar-refractivity contribution in [1.82, 2.24) is 10.2 Å². The van der Waals surface area contributed by atoms with E-state index >= 15 is 0 Å². The molecule has 7 nitrogen and oxygen atoms in total. The Bertz CT molecular complexity index is 1020. The number of carboxylic acid groups (broad SMARTS) is 1. The fraction of sp³-hybridized carbons (Fsp3) is 0.464. The molecule has 1 atom stereocenters. The maximum Gasteiger partial charge on any atom is 0.407 e. The summed E-state index contributed by atoms with van der Waals surface area (Å²) in [6.07, 6.45) is 4.28. The zero-order valence-electron chi connectivity index (χ0n) is 20.2. The molecule has 2 aromatic carbocycles. The van der Waals surface area contributed by atoms with Crippen molar-refractivity contribution in [3.05, 3.63) is 59.7 Å². The molecule has 2 N–H and O–H groups in total. The summed E-state index contributed by atoms with van der Waals surface area (Å²) in [6.45, 7) is 0.619. The Hall–Kier alpha value is -3.35. The Balaban J connectivity index is 1.36. The zero-order chi connectivity index (χ0) is 24.8. The number of nitrogens with one attached hydrogen (secondary N) is 1. The summed E-state index contributed by atoms with van der Waals surface area (Å²) in [6, 6.07) is 16.1. The molecule has 186 valence electrons. The number of carbonyl (C=O) groups is 3. The molecule has 1 unspecified atom stereocenters. The van der Waals surface area contributed by atoms with E-state index in [-0.39, 0.29) is 43.2 Å². The summed E-state index contributed by atoms with van der Waals surface area (Å²) in [4.78, 5) is 38.0. The second-order valence-corrected chi connectivity index (χ2v) is 9.64. The third kappa shape index (κ3) is 6.02. The third-order valence-corrected chi connectivity index (χ3v) is 7.32. The molecule has 2 amide bonds. The summed E-state index contributed by atoms with van der Waals surface area (Å²) in [5.41, 5.74) is 4.67. The van der Waals surface area contributed by atoms with Gasteiger partial charge in [-0.15, -0.1) is 0 Å². The molecule has 0 spiro atoms. The Morgan fingerprint density at radius 3 is 2.23 bits per heavy atom. The van der Waals surface area contributed by atoms with Crippen molar-refractivity contribution in [2.24, 2.45) is 5.92 Å². The smallest absolute Gasteiger partial charge is 0.407 e. The number of carboxylic acids is 1. The van der Waals surface area contributed by atoms with Gasteiger partial charge in [0.1, 0.15) is 6.61 Å². The predicted molar refractivity (Wildman–Crippen MR) is 133 cm³/mol. The van der Waals surface area contributed by atoms with Gasteiger partial charge in [-0.1, -0.05) is 61.4 Å². The van der Waals surface area contributed by atoms with Crippen LogP contribution < -0.4 is 5.32 Å². The highest BCUT2D eigenvalue weighted by atomic mass is 16.5. The van der Waals surface area contributed by atoms with Crippen LogP contribution in [-0.4, -0.2) is 54.2 Å². The second kappa shape index (κ2) is 11.4. The van der Waals surface area contributed by atoms with Gasteiger partial charge in [-0.2, -0.15) is 0 Å². The molecule has 2 aliphatic carbocycles. The highest BCUT2D eigenvalue weighted by Gasteiger charge is 2.32. The maximum atomic E-state index is 12.9. The van der Waals surface area contributed by atoms with Gasteiger partial charge in [0.2, 0.25) is 5.91 Å². The fourth-order valence-corrected chi connectivity index (χ4v) is 5.42. The first-order valence-corrected chi connectivity index (χ1v) is 12.5. The van der Waals surface area contributed by atoms with Crippen molar-refractivity contribution in [1.29, 1.82) is 0 Å². The van der Waals surface area contributed by atoms with Crippen molar-refractivity contribution in [2.45, 2.75) is 56.9 Å². The first kappa shape index (κ1) is 24.8. The van der Waals surface area contributed by atoms with E-state index in [4.69, 9.17) is 9.84 Å². The summed E-state index contributed by atoms with van der Waals surface area (Å²) in [7, 11) is 1.68. The summed E-state index contributed by atoms with van der Waals surface area (Å²) < 4.78 is 5.72. The van der Waals surface area contributed by atoms with Crippen LogP contribution in [0.3, 0.4) is 0 Å². The second-order valence-electron chi connectivity index (χ2n) is 9.64. The average Bonchev–Trinajstić information content (AvgIpc) is 3.49. The number of aliphatic carboxylic acids is 1. The van der Waals surface area contributed by atoms with E-state index in [0.717, 1.165) is 36.8 Å². The van der Waals surface area contributed by atoms with Crippen LogP contribution in [0.4, 0.5) is 4.79 Å². The van der Waals surface area contributed by atoms with Crippen LogP contribution in [0, 0.1) is 5.92 Å². The van der Waals surface area contributed by atoms with Gasteiger partial charge in [-0.05, 0) is 47.4 Å². The molecular formula is C28H34N2O5. The minimum absolute atomic E-state index is 0.0138. The highest BCUT2D eigenvalue weighted by molar-refractivity contribution is 5.79. The molecule has 0 heterocycles. The standard InChI is InChI=1S/C28H34N2O5/c1-30(16-8-15-27(32)33)26(31)17-25(19-9-2-3-10-19)29-28(34)35-18-24-22-13-6-4-11-20(22)21-12-5-7-14-23(21)24/h4-7,11-14,19,24-25H,2-3,8-10,15-18H2,1H3,(H,29,34)(H,32,33). The molecule has 0 aliphatic heterocycles. The van der Waals surface area contributed by atoms with Gasteiger partial charge in [-0.3, -0.25) is 9.59 Å². The van der Waals surface area contributed by atoms with Crippen LogP contribution >= 0.6 is 0 Å². The van der Waals surface area contributed by atoms with Gasteiger partial charge in [0.15, 0.2) is 0 Å². The molecule has 2 aromatic rings. The van der Waals surface area contributed by atoms with Crippen molar-refractivity contribution in [2.75, 3.05) is 20.2 Å². The van der Waals surface area contributed by atoms with E-state index < -0.39 is 12.1 Å². The summed E-state index contributed by atoms with van der Waals surface area (Å²) >= 11 is 0. The first-order valence-electron chi connectivity index (χ1n) is 12.5. The van der Waals surface area contributed by atoms with Crippen molar-refractivity contribution >= 4 is 18.0 Å². The molecule has 1 saturated carbocycles. The maximum absolute atomic E-state index is 12.9. The zero-order valence-corrected chi connectivity index (χ0v) is 20.2. The Labute approximate surface area is 206 Å². The van der Waals surface area contributed by atoms with Gasteiger partial charge >= 0.3 is 12.1 Å². The van der Waals surface area contributed by atoms with E-state index in [2.05, 4.69) is 29.6 Å². The minimum atomic E-state index is -0.869. The van der Waals surface area contributed by atoms with E-state index in [1.807, 2.05) is 24.3 Å². The molecule has 7 heteroatoms. The Kier molecular flexibility index (Phi) is 8.06. The normalized spacial score (nSPS) is 15.8. The monoisotopic (exact) mass is 478 g/mol. The number of hydrogen-bond donors (Lipinski definition) is 2. The Morgan fingerprint density at radius 2 is 1.63 bits per heavy atom. The van der Waals surface area contributed by atoms with E-state index in [0.29, 0.717) is 13.0 Å². The number of carbonyl (C=O) groups excluding carboxylic acids is 2. The number of benzene rings is 2. The molecule has 0 radical (unpaired) electrons. The highest BCUT2D eigenvalue weighted by Crippen LogP contribution is 2.44. The summed E-state index contributed by atoms with van der Waals surface area (Å²) in [5.74, 6) is -0.732.